The zero-order valence-electron chi connectivity index (χ0n) is 15.2. The number of amides is 2. The molecule has 2 aromatic carbocycles. The first-order chi connectivity index (χ1) is 12.9. The lowest BCUT2D eigenvalue weighted by molar-refractivity contribution is -0.123. The van der Waals surface area contributed by atoms with Crippen LogP contribution in [0.1, 0.15) is 29.8 Å². The van der Waals surface area contributed by atoms with Gasteiger partial charge in [0, 0.05) is 19.2 Å². The number of nitrogens with one attached hydrogen (secondary N) is 1. The first-order valence-electron chi connectivity index (χ1n) is 8.47. The van der Waals surface area contributed by atoms with Gasteiger partial charge in [-0.05, 0) is 48.9 Å². The van der Waals surface area contributed by atoms with Crippen LogP contribution in [0.3, 0.4) is 0 Å². The minimum atomic E-state index is -0.449. The lowest BCUT2D eigenvalue weighted by Crippen LogP contribution is -2.39. The fraction of sp³-hybridized carbons (Fsp3) is 0.250. The molecular formula is C20H21FN2O4. The van der Waals surface area contributed by atoms with Crippen molar-refractivity contribution in [1.82, 2.24) is 5.32 Å². The summed E-state index contributed by atoms with van der Waals surface area (Å²) >= 11 is 0. The lowest BCUT2D eigenvalue weighted by Gasteiger charge is -2.21. The molecule has 0 atom stereocenters. The van der Waals surface area contributed by atoms with Gasteiger partial charge in [0.25, 0.3) is 0 Å². The predicted octanol–water partition coefficient (Wildman–Crippen LogP) is 2.67. The molecule has 0 aliphatic carbocycles. The van der Waals surface area contributed by atoms with Crippen LogP contribution in [-0.2, 0) is 20.9 Å². The second-order valence-corrected chi connectivity index (χ2v) is 5.78. The number of hydrogen-bond acceptors (Lipinski definition) is 4. The standard InChI is InChI=1S/C20H21FN2O4/c1-3-27-20(26)16-6-10-18(11-7-16)23(14(2)24)13-19(25)22-12-15-4-8-17(21)9-5-15/h4-11H,3,12-13H2,1-2H3,(H,22,25). The molecule has 2 aromatic rings. The fourth-order valence-corrected chi connectivity index (χ4v) is 2.38. The zero-order valence-corrected chi connectivity index (χ0v) is 15.2. The molecule has 0 heterocycles. The zero-order chi connectivity index (χ0) is 19.8. The molecule has 142 valence electrons. The molecule has 2 amide bonds. The lowest BCUT2D eigenvalue weighted by atomic mass is 10.2. The van der Waals surface area contributed by atoms with Crippen LogP contribution in [0.25, 0.3) is 0 Å². The maximum absolute atomic E-state index is 12.9. The molecule has 0 spiro atoms. The Morgan fingerprint density at radius 2 is 1.67 bits per heavy atom. The normalized spacial score (nSPS) is 10.2. The van der Waals surface area contributed by atoms with E-state index in [1.807, 2.05) is 0 Å². The molecule has 0 bridgehead atoms. The molecule has 0 radical (unpaired) electrons. The number of halogens is 1. The van der Waals surface area contributed by atoms with E-state index in [1.54, 1.807) is 43.3 Å². The summed E-state index contributed by atoms with van der Waals surface area (Å²) in [4.78, 5) is 37.1. The van der Waals surface area contributed by atoms with Gasteiger partial charge in [0.15, 0.2) is 0 Å². The van der Waals surface area contributed by atoms with E-state index in [4.69, 9.17) is 4.74 Å². The Balaban J connectivity index is 1.99. The first-order valence-corrected chi connectivity index (χ1v) is 8.47. The van der Waals surface area contributed by atoms with Crippen molar-refractivity contribution in [3.63, 3.8) is 0 Å². The molecule has 0 saturated heterocycles. The molecule has 7 heteroatoms. The van der Waals surface area contributed by atoms with E-state index in [9.17, 15) is 18.8 Å². The van der Waals surface area contributed by atoms with Crippen molar-refractivity contribution in [2.45, 2.75) is 20.4 Å². The molecule has 0 fully saturated rings. The van der Waals surface area contributed by atoms with Gasteiger partial charge in [-0.1, -0.05) is 12.1 Å². The Kier molecular flexibility index (Phi) is 7.05. The molecule has 1 N–H and O–H groups in total. The number of carbonyl (C=O) groups excluding carboxylic acids is 3. The van der Waals surface area contributed by atoms with Crippen molar-refractivity contribution in [3.8, 4) is 0 Å². The van der Waals surface area contributed by atoms with Crippen molar-refractivity contribution >= 4 is 23.5 Å². The van der Waals surface area contributed by atoms with Gasteiger partial charge in [0.1, 0.15) is 12.4 Å². The summed E-state index contributed by atoms with van der Waals surface area (Å²) < 4.78 is 17.8. The van der Waals surface area contributed by atoms with Crippen LogP contribution < -0.4 is 10.2 Å². The number of ether oxygens (including phenoxy) is 1. The van der Waals surface area contributed by atoms with Crippen molar-refractivity contribution in [2.75, 3.05) is 18.1 Å². The molecule has 0 aromatic heterocycles. The monoisotopic (exact) mass is 372 g/mol. The highest BCUT2D eigenvalue weighted by molar-refractivity contribution is 5.98. The first kappa shape index (κ1) is 20.1. The molecule has 0 saturated carbocycles. The highest BCUT2D eigenvalue weighted by Crippen LogP contribution is 2.16. The highest BCUT2D eigenvalue weighted by Gasteiger charge is 2.16. The predicted molar refractivity (Wildman–Crippen MR) is 98.7 cm³/mol. The largest absolute Gasteiger partial charge is 0.462 e. The van der Waals surface area contributed by atoms with Crippen LogP contribution in [0, 0.1) is 5.82 Å². The summed E-state index contributed by atoms with van der Waals surface area (Å²) in [6.07, 6.45) is 0. The molecular weight excluding hydrogens is 351 g/mol. The SMILES string of the molecule is CCOC(=O)c1ccc(N(CC(=O)NCc2ccc(F)cc2)C(C)=O)cc1. The van der Waals surface area contributed by atoms with E-state index in [2.05, 4.69) is 5.32 Å². The number of rotatable bonds is 7. The van der Waals surface area contributed by atoms with Gasteiger partial charge in [0.2, 0.25) is 11.8 Å². The van der Waals surface area contributed by atoms with Crippen molar-refractivity contribution in [1.29, 1.82) is 0 Å². The van der Waals surface area contributed by atoms with Gasteiger partial charge < -0.3 is 15.0 Å². The van der Waals surface area contributed by atoms with Gasteiger partial charge in [-0.15, -0.1) is 0 Å². The Morgan fingerprint density at radius 3 is 2.22 bits per heavy atom. The Hall–Kier alpha value is -3.22. The van der Waals surface area contributed by atoms with Crippen molar-refractivity contribution in [3.05, 3.63) is 65.5 Å². The van der Waals surface area contributed by atoms with E-state index in [1.165, 1.54) is 24.0 Å². The molecule has 0 aliphatic rings. The summed E-state index contributed by atoms with van der Waals surface area (Å²) in [6.45, 7) is 3.40. The van der Waals surface area contributed by atoms with Crippen LogP contribution in [0.5, 0.6) is 0 Å². The summed E-state index contributed by atoms with van der Waals surface area (Å²) in [5.41, 5.74) is 1.61. The average molecular weight is 372 g/mol. The Bertz CT molecular complexity index is 804. The highest BCUT2D eigenvalue weighted by atomic mass is 19.1. The summed E-state index contributed by atoms with van der Waals surface area (Å²) in [5.74, 6) is -1.46. The molecule has 0 unspecified atom stereocenters. The van der Waals surface area contributed by atoms with Gasteiger partial charge in [-0.25, -0.2) is 9.18 Å². The minimum Gasteiger partial charge on any atom is -0.462 e. The van der Waals surface area contributed by atoms with Crippen LogP contribution in [0.4, 0.5) is 10.1 Å². The van der Waals surface area contributed by atoms with Crippen molar-refractivity contribution < 1.29 is 23.5 Å². The number of hydrogen-bond donors (Lipinski definition) is 1. The third-order valence-electron chi connectivity index (χ3n) is 3.77. The Morgan fingerprint density at radius 1 is 1.04 bits per heavy atom. The topological polar surface area (TPSA) is 75.7 Å². The summed E-state index contributed by atoms with van der Waals surface area (Å²) in [6, 6.07) is 12.0. The van der Waals surface area contributed by atoms with Crippen LogP contribution in [-0.4, -0.2) is 30.9 Å². The number of nitrogens with zero attached hydrogens (tertiary/aromatic N) is 1. The maximum atomic E-state index is 12.9. The summed E-state index contributed by atoms with van der Waals surface area (Å²) in [5, 5.41) is 2.69. The third kappa shape index (κ3) is 5.91. The van der Waals surface area contributed by atoms with Crippen LogP contribution in [0.2, 0.25) is 0 Å². The van der Waals surface area contributed by atoms with Gasteiger partial charge in [0.05, 0.1) is 12.2 Å². The quantitative estimate of drug-likeness (QED) is 0.758. The second-order valence-electron chi connectivity index (χ2n) is 5.78. The third-order valence-corrected chi connectivity index (χ3v) is 3.77. The minimum absolute atomic E-state index is 0.171. The number of carbonyl (C=O) groups is 3. The van der Waals surface area contributed by atoms with Crippen molar-refractivity contribution in [2.24, 2.45) is 0 Å². The van der Waals surface area contributed by atoms with Gasteiger partial charge >= 0.3 is 5.97 Å². The number of benzene rings is 2. The van der Waals surface area contributed by atoms with E-state index < -0.39 is 5.97 Å². The maximum Gasteiger partial charge on any atom is 0.338 e. The van der Waals surface area contributed by atoms with Gasteiger partial charge in [-0.3, -0.25) is 9.59 Å². The number of anilines is 1. The second kappa shape index (κ2) is 9.47. The van der Waals surface area contributed by atoms with Crippen LogP contribution >= 0.6 is 0 Å². The fourth-order valence-electron chi connectivity index (χ4n) is 2.38. The van der Waals surface area contributed by atoms with E-state index >= 15 is 0 Å². The summed E-state index contributed by atoms with van der Waals surface area (Å²) in [7, 11) is 0. The molecule has 27 heavy (non-hydrogen) atoms. The van der Waals surface area contributed by atoms with E-state index in [0.29, 0.717) is 11.3 Å². The van der Waals surface area contributed by atoms with E-state index in [0.717, 1.165) is 5.56 Å². The van der Waals surface area contributed by atoms with Crippen LogP contribution in [0.15, 0.2) is 48.5 Å². The van der Waals surface area contributed by atoms with Gasteiger partial charge in [-0.2, -0.15) is 0 Å². The number of esters is 1. The van der Waals surface area contributed by atoms with E-state index in [-0.39, 0.29) is 37.3 Å². The smallest absolute Gasteiger partial charge is 0.338 e. The Labute approximate surface area is 156 Å². The molecule has 6 nitrogen and oxygen atoms in total. The average Bonchev–Trinajstić information content (AvgIpc) is 2.66. The molecule has 2 rings (SSSR count). The molecule has 0 aliphatic heterocycles.